The Balaban J connectivity index is 3.32. The minimum atomic E-state index is -0.711. The molecule has 0 saturated heterocycles. The van der Waals surface area contributed by atoms with Crippen LogP contribution in [0, 0.1) is 10.1 Å². The normalized spacial score (nSPS) is 13.2. The van der Waals surface area contributed by atoms with Gasteiger partial charge in [-0.05, 0) is 38.8 Å². The highest BCUT2D eigenvalue weighted by Gasteiger charge is 2.27. The molecule has 0 aromatic heterocycles. The molecule has 0 unspecified atom stereocenters. The van der Waals surface area contributed by atoms with E-state index in [1.54, 1.807) is 19.1 Å². The Hall–Kier alpha value is -1.62. The van der Waals surface area contributed by atoms with Crippen molar-refractivity contribution in [1.82, 2.24) is 0 Å². The van der Waals surface area contributed by atoms with Crippen LogP contribution >= 0.6 is 0 Å². The third kappa shape index (κ3) is 3.23. The maximum absolute atomic E-state index is 11.2. The van der Waals surface area contributed by atoms with Crippen LogP contribution in [-0.4, -0.2) is 22.6 Å². The second-order valence-corrected chi connectivity index (χ2v) is 5.41. The first kappa shape index (κ1) is 15.4. The lowest BCUT2D eigenvalue weighted by Crippen LogP contribution is -2.40. The van der Waals surface area contributed by atoms with Gasteiger partial charge in [0, 0.05) is 18.7 Å². The Morgan fingerprint density at radius 2 is 2.05 bits per heavy atom. The van der Waals surface area contributed by atoms with Crippen molar-refractivity contribution in [2.45, 2.75) is 45.8 Å². The fourth-order valence-corrected chi connectivity index (χ4v) is 1.79. The molecule has 0 amide bonds. The summed E-state index contributed by atoms with van der Waals surface area (Å²) in [6, 6.07) is 4.88. The molecule has 0 aliphatic rings. The summed E-state index contributed by atoms with van der Waals surface area (Å²) in [5.41, 5.74) is 0.985. The van der Waals surface area contributed by atoms with E-state index in [2.05, 4.69) is 0 Å². The minimum Gasteiger partial charge on any atom is -0.389 e. The van der Waals surface area contributed by atoms with Crippen molar-refractivity contribution >= 4 is 11.4 Å². The molecule has 1 aromatic carbocycles. The third-order valence-corrected chi connectivity index (χ3v) is 3.81. The molecule has 5 heteroatoms. The molecule has 0 radical (unpaired) electrons. The number of hydrogen-bond acceptors (Lipinski definition) is 4. The third-order valence-electron chi connectivity index (χ3n) is 3.81. The average molecular weight is 266 g/mol. The van der Waals surface area contributed by atoms with Crippen LogP contribution in [-0.2, 0) is 0 Å². The summed E-state index contributed by atoms with van der Waals surface area (Å²) in [6.45, 7) is 7.73. The fraction of sp³-hybridized carbons (Fsp3) is 0.571. The van der Waals surface area contributed by atoms with Crippen LogP contribution in [0.4, 0.5) is 11.4 Å². The quantitative estimate of drug-likeness (QED) is 0.656. The maximum Gasteiger partial charge on any atom is 0.292 e. The second-order valence-electron chi connectivity index (χ2n) is 5.41. The number of nitro groups is 1. The number of nitrogens with zero attached hydrogens (tertiary/aromatic N) is 2. The van der Waals surface area contributed by atoms with Crippen LogP contribution in [0.5, 0.6) is 0 Å². The van der Waals surface area contributed by atoms with E-state index < -0.39 is 11.0 Å². The standard InChI is InChI=1S/C14H22N2O3/c1-6-14(3,4)15(5)12-8-7-11(10(2)17)9-13(12)16(18)19/h7-10,17H,6H2,1-5H3/t10-/m0/s1. The number of aliphatic hydroxyl groups is 1. The summed E-state index contributed by atoms with van der Waals surface area (Å²) in [5.74, 6) is 0. The van der Waals surface area contributed by atoms with Gasteiger partial charge in [-0.25, -0.2) is 0 Å². The largest absolute Gasteiger partial charge is 0.389 e. The number of nitro benzene ring substituents is 1. The first-order valence-electron chi connectivity index (χ1n) is 6.41. The van der Waals surface area contributed by atoms with E-state index in [1.165, 1.54) is 6.07 Å². The summed E-state index contributed by atoms with van der Waals surface area (Å²) < 4.78 is 0. The smallest absolute Gasteiger partial charge is 0.292 e. The van der Waals surface area contributed by atoms with Gasteiger partial charge in [-0.3, -0.25) is 10.1 Å². The van der Waals surface area contributed by atoms with Crippen molar-refractivity contribution in [2.75, 3.05) is 11.9 Å². The highest BCUT2D eigenvalue weighted by atomic mass is 16.6. The molecule has 1 atom stereocenters. The highest BCUT2D eigenvalue weighted by molar-refractivity contribution is 5.65. The van der Waals surface area contributed by atoms with Crippen LogP contribution in [0.15, 0.2) is 18.2 Å². The van der Waals surface area contributed by atoms with Gasteiger partial charge in [0.25, 0.3) is 5.69 Å². The Labute approximate surface area is 114 Å². The van der Waals surface area contributed by atoms with Gasteiger partial charge in [-0.1, -0.05) is 13.0 Å². The van der Waals surface area contributed by atoms with Crippen LogP contribution in [0.25, 0.3) is 0 Å². The summed E-state index contributed by atoms with van der Waals surface area (Å²) in [5, 5.41) is 20.7. The Bertz CT molecular complexity index is 470. The Morgan fingerprint density at radius 1 is 1.47 bits per heavy atom. The van der Waals surface area contributed by atoms with Crippen molar-refractivity contribution in [3.05, 3.63) is 33.9 Å². The van der Waals surface area contributed by atoms with Gasteiger partial charge in [0.05, 0.1) is 11.0 Å². The fourth-order valence-electron chi connectivity index (χ4n) is 1.79. The molecule has 0 aliphatic carbocycles. The lowest BCUT2D eigenvalue weighted by molar-refractivity contribution is -0.384. The van der Waals surface area contributed by atoms with Crippen LogP contribution in [0.3, 0.4) is 0 Å². The molecule has 106 valence electrons. The predicted molar refractivity (Wildman–Crippen MR) is 76.5 cm³/mol. The van der Waals surface area contributed by atoms with E-state index >= 15 is 0 Å². The van der Waals surface area contributed by atoms with Crippen molar-refractivity contribution in [3.63, 3.8) is 0 Å². The molecule has 0 aliphatic heterocycles. The molecular weight excluding hydrogens is 244 g/mol. The SMILES string of the molecule is CCC(C)(C)N(C)c1ccc([C@H](C)O)cc1[N+](=O)[O-]. The molecule has 5 nitrogen and oxygen atoms in total. The molecule has 0 spiro atoms. The van der Waals surface area contributed by atoms with Gasteiger partial charge in [0.1, 0.15) is 5.69 Å². The Morgan fingerprint density at radius 3 is 2.47 bits per heavy atom. The zero-order valence-corrected chi connectivity index (χ0v) is 12.2. The van der Waals surface area contributed by atoms with Gasteiger partial charge in [-0.15, -0.1) is 0 Å². The molecule has 19 heavy (non-hydrogen) atoms. The zero-order chi connectivity index (χ0) is 14.8. The molecule has 0 bridgehead atoms. The van der Waals surface area contributed by atoms with E-state index in [9.17, 15) is 15.2 Å². The van der Waals surface area contributed by atoms with Gasteiger partial charge >= 0.3 is 0 Å². The van der Waals surface area contributed by atoms with Gasteiger partial charge in [0.15, 0.2) is 0 Å². The zero-order valence-electron chi connectivity index (χ0n) is 12.2. The summed E-state index contributed by atoms with van der Waals surface area (Å²) >= 11 is 0. The number of anilines is 1. The lowest BCUT2D eigenvalue weighted by atomic mass is 9.98. The lowest BCUT2D eigenvalue weighted by Gasteiger charge is -2.36. The van der Waals surface area contributed by atoms with E-state index in [1.807, 2.05) is 32.7 Å². The van der Waals surface area contributed by atoms with Gasteiger partial charge < -0.3 is 10.0 Å². The van der Waals surface area contributed by atoms with Crippen molar-refractivity contribution in [1.29, 1.82) is 0 Å². The first-order chi connectivity index (χ1) is 8.70. The number of aliphatic hydroxyl groups excluding tert-OH is 1. The maximum atomic E-state index is 11.2. The molecule has 0 saturated carbocycles. The number of benzene rings is 1. The highest BCUT2D eigenvalue weighted by Crippen LogP contribution is 2.34. The van der Waals surface area contributed by atoms with Crippen molar-refractivity contribution < 1.29 is 10.0 Å². The van der Waals surface area contributed by atoms with Crippen LogP contribution < -0.4 is 4.90 Å². The van der Waals surface area contributed by atoms with Crippen LogP contribution in [0.1, 0.15) is 45.8 Å². The molecular formula is C14H22N2O3. The number of hydrogen-bond donors (Lipinski definition) is 1. The van der Waals surface area contributed by atoms with Gasteiger partial charge in [0.2, 0.25) is 0 Å². The first-order valence-corrected chi connectivity index (χ1v) is 6.41. The van der Waals surface area contributed by atoms with E-state index in [0.717, 1.165) is 6.42 Å². The van der Waals surface area contributed by atoms with Crippen molar-refractivity contribution in [2.24, 2.45) is 0 Å². The second kappa shape index (κ2) is 5.57. The Kier molecular flexibility index (Phi) is 4.52. The minimum absolute atomic E-state index is 0.0300. The topological polar surface area (TPSA) is 66.6 Å². The van der Waals surface area contributed by atoms with Gasteiger partial charge in [-0.2, -0.15) is 0 Å². The average Bonchev–Trinajstić information content (AvgIpc) is 2.36. The summed E-state index contributed by atoms with van der Waals surface area (Å²) in [7, 11) is 1.86. The molecule has 1 rings (SSSR count). The summed E-state index contributed by atoms with van der Waals surface area (Å²) in [4.78, 5) is 12.7. The van der Waals surface area contributed by atoms with E-state index in [4.69, 9.17) is 0 Å². The monoisotopic (exact) mass is 266 g/mol. The molecule has 1 aromatic rings. The molecule has 0 heterocycles. The predicted octanol–water partition coefficient (Wildman–Crippen LogP) is 3.27. The van der Waals surface area contributed by atoms with E-state index in [-0.39, 0.29) is 11.2 Å². The van der Waals surface area contributed by atoms with Crippen LogP contribution in [0.2, 0.25) is 0 Å². The molecule has 1 N–H and O–H groups in total. The molecule has 0 fully saturated rings. The van der Waals surface area contributed by atoms with E-state index in [0.29, 0.717) is 11.3 Å². The number of rotatable bonds is 5. The van der Waals surface area contributed by atoms with Crippen molar-refractivity contribution in [3.8, 4) is 0 Å². The summed E-state index contributed by atoms with van der Waals surface area (Å²) in [6.07, 6.45) is 0.163.